The highest BCUT2D eigenvalue weighted by molar-refractivity contribution is 5.89. The number of methoxy groups -OCH3 is 1. The van der Waals surface area contributed by atoms with E-state index >= 15 is 0 Å². The average Bonchev–Trinajstić information content (AvgIpc) is 3.27. The molecule has 0 aliphatic heterocycles. The Bertz CT molecular complexity index is 755. The van der Waals surface area contributed by atoms with Crippen molar-refractivity contribution >= 4 is 18.2 Å². The third-order valence-corrected chi connectivity index (χ3v) is 6.02. The van der Waals surface area contributed by atoms with Gasteiger partial charge in [-0.05, 0) is 69.9 Å². The maximum absolute atomic E-state index is 11.5. The van der Waals surface area contributed by atoms with Crippen molar-refractivity contribution in [2.24, 2.45) is 16.5 Å². The predicted octanol–water partition coefficient (Wildman–Crippen LogP) is 3.98. The summed E-state index contributed by atoms with van der Waals surface area (Å²) in [5.74, 6) is 0.852. The van der Waals surface area contributed by atoms with Crippen molar-refractivity contribution in [3.8, 4) is 0 Å². The summed E-state index contributed by atoms with van der Waals surface area (Å²) in [6.07, 6.45) is 9.03. The summed E-state index contributed by atoms with van der Waals surface area (Å²) in [5.41, 5.74) is -0.567. The highest BCUT2D eigenvalue weighted by atomic mass is 16.5. The molecular weight excluding hydrogens is 438 g/mol. The molecule has 0 aromatic carbocycles. The highest BCUT2D eigenvalue weighted by Gasteiger charge is 2.54. The van der Waals surface area contributed by atoms with Crippen molar-refractivity contribution in [1.82, 2.24) is 16.0 Å². The second-order valence-electron chi connectivity index (χ2n) is 10.1. The molecule has 2 saturated carbocycles. The van der Waals surface area contributed by atoms with Crippen molar-refractivity contribution in [2.45, 2.75) is 77.3 Å². The maximum Gasteiger partial charge on any atom is 0.407 e. The molecule has 0 saturated heterocycles. The Balaban J connectivity index is 0.000000341. The van der Waals surface area contributed by atoms with Crippen LogP contribution in [-0.4, -0.2) is 49.6 Å². The van der Waals surface area contributed by atoms with Crippen molar-refractivity contribution in [3.05, 3.63) is 29.6 Å². The zero-order chi connectivity index (χ0) is 25.8. The summed E-state index contributed by atoms with van der Waals surface area (Å²) in [5, 5.41) is 18.5. The lowest BCUT2D eigenvalue weighted by Crippen LogP contribution is -2.45. The van der Waals surface area contributed by atoms with E-state index < -0.39 is 11.6 Å². The monoisotopic (exact) mass is 479 g/mol. The second kappa shape index (κ2) is 13.1. The molecule has 34 heavy (non-hydrogen) atoms. The Morgan fingerprint density at radius 2 is 1.88 bits per heavy atom. The van der Waals surface area contributed by atoms with Crippen LogP contribution in [0.4, 0.5) is 4.79 Å². The zero-order valence-electron chi connectivity index (χ0n) is 21.2. The Hall–Kier alpha value is -2.91. The molecule has 2 rings (SSSR count). The molecule has 0 unspecified atom stereocenters. The summed E-state index contributed by atoms with van der Waals surface area (Å²) in [7, 11) is 1.33. The van der Waals surface area contributed by atoms with Crippen LogP contribution in [0.15, 0.2) is 29.9 Å². The summed E-state index contributed by atoms with van der Waals surface area (Å²) >= 11 is 0. The normalized spacial score (nSPS) is 23.0. The van der Waals surface area contributed by atoms with E-state index in [9.17, 15) is 14.5 Å². The molecule has 2 amide bonds. The van der Waals surface area contributed by atoms with Crippen LogP contribution >= 0.6 is 0 Å². The van der Waals surface area contributed by atoms with Gasteiger partial charge in [0.25, 0.3) is 0 Å². The number of fused-ring (bicyclic) bond motifs is 2. The number of ether oxygens (including phenoxy) is 2. The molecule has 2 aliphatic carbocycles. The average molecular weight is 480 g/mol. The van der Waals surface area contributed by atoms with Gasteiger partial charge in [-0.1, -0.05) is 19.0 Å². The SMILES string of the molecule is C=C(N/C=C/C(C)(C)NC(=O)OC)OCC(C)C.N=CCC(=O)NC12CCC(CN=O)(CC1)C2. The van der Waals surface area contributed by atoms with E-state index in [-0.39, 0.29) is 23.3 Å². The van der Waals surface area contributed by atoms with Gasteiger partial charge < -0.3 is 30.8 Å². The molecule has 0 aromatic heterocycles. The molecule has 2 fully saturated rings. The van der Waals surface area contributed by atoms with Crippen molar-refractivity contribution in [3.63, 3.8) is 0 Å². The minimum absolute atomic E-state index is 0.0553. The first kappa shape index (κ1) is 29.1. The van der Waals surface area contributed by atoms with Gasteiger partial charge in [-0.3, -0.25) is 4.79 Å². The molecule has 10 nitrogen and oxygen atoms in total. The Morgan fingerprint density at radius 1 is 1.24 bits per heavy atom. The fraction of sp³-hybridized carbons (Fsp3) is 0.708. The Labute approximate surface area is 202 Å². The van der Waals surface area contributed by atoms with Gasteiger partial charge in [0.15, 0.2) is 5.88 Å². The van der Waals surface area contributed by atoms with E-state index in [4.69, 9.17) is 10.1 Å². The Kier molecular flexibility index (Phi) is 11.2. The molecule has 4 N–H and O–H groups in total. The number of alkyl carbamates (subject to hydrolysis) is 1. The molecule has 0 heterocycles. The molecule has 0 aromatic rings. The third-order valence-electron chi connectivity index (χ3n) is 6.02. The van der Waals surface area contributed by atoms with Crippen LogP contribution in [0.25, 0.3) is 0 Å². The number of hydrogen-bond donors (Lipinski definition) is 4. The molecule has 2 bridgehead atoms. The smallest absolute Gasteiger partial charge is 0.407 e. The summed E-state index contributed by atoms with van der Waals surface area (Å²) in [6, 6.07) is 0. The molecule has 2 aliphatic rings. The van der Waals surface area contributed by atoms with Crippen molar-refractivity contribution < 1.29 is 19.1 Å². The molecule has 192 valence electrons. The fourth-order valence-electron chi connectivity index (χ4n) is 4.30. The third kappa shape index (κ3) is 9.93. The van der Waals surface area contributed by atoms with Crippen LogP contribution in [-0.2, 0) is 14.3 Å². The van der Waals surface area contributed by atoms with Crippen LogP contribution in [0.2, 0.25) is 0 Å². The minimum Gasteiger partial charge on any atom is -0.479 e. The van der Waals surface area contributed by atoms with Crippen molar-refractivity contribution in [2.75, 3.05) is 20.3 Å². The van der Waals surface area contributed by atoms with E-state index in [0.29, 0.717) is 25.0 Å². The quantitative estimate of drug-likeness (QED) is 0.189. The van der Waals surface area contributed by atoms with Gasteiger partial charge in [-0.25, -0.2) is 4.79 Å². The van der Waals surface area contributed by atoms with Gasteiger partial charge in [-0.15, -0.1) is 0 Å². The molecular formula is C24H41N5O5. The number of nitrogens with one attached hydrogen (secondary N) is 4. The summed E-state index contributed by atoms with van der Waals surface area (Å²) in [6.45, 7) is 12.5. The predicted molar refractivity (Wildman–Crippen MR) is 132 cm³/mol. The van der Waals surface area contributed by atoms with Crippen molar-refractivity contribution in [1.29, 1.82) is 5.41 Å². The lowest BCUT2D eigenvalue weighted by molar-refractivity contribution is -0.121. The lowest BCUT2D eigenvalue weighted by atomic mass is 9.84. The number of rotatable bonds is 12. The molecule has 0 atom stereocenters. The summed E-state index contributed by atoms with van der Waals surface area (Å²) in [4.78, 5) is 33.0. The summed E-state index contributed by atoms with van der Waals surface area (Å²) < 4.78 is 9.88. The molecule has 0 radical (unpaired) electrons. The highest BCUT2D eigenvalue weighted by Crippen LogP contribution is 2.56. The van der Waals surface area contributed by atoms with E-state index in [1.165, 1.54) is 7.11 Å². The van der Waals surface area contributed by atoms with Gasteiger partial charge in [0, 0.05) is 18.0 Å². The number of hydrogen-bond acceptors (Lipinski definition) is 8. The van der Waals surface area contributed by atoms with E-state index in [1.54, 1.807) is 12.3 Å². The van der Waals surface area contributed by atoms with E-state index in [2.05, 4.69) is 46.3 Å². The van der Waals surface area contributed by atoms with Gasteiger partial charge in [0.1, 0.15) is 0 Å². The van der Waals surface area contributed by atoms with Crippen LogP contribution in [0.5, 0.6) is 0 Å². The van der Waals surface area contributed by atoms with Gasteiger partial charge in [0.2, 0.25) is 5.91 Å². The van der Waals surface area contributed by atoms with Crippen LogP contribution in [0.3, 0.4) is 0 Å². The zero-order valence-corrected chi connectivity index (χ0v) is 21.2. The molecule has 0 spiro atoms. The number of amides is 2. The van der Waals surface area contributed by atoms with Crippen LogP contribution in [0.1, 0.15) is 66.2 Å². The number of carbonyl (C=O) groups excluding carboxylic acids is 2. The first-order chi connectivity index (χ1) is 15.9. The molecule has 10 heteroatoms. The standard InChI is InChI=1S/C13H24N2O3.C11H17N3O2/c1-10(2)9-18-11(3)14-8-7-13(4,5)15-12(16)17-6;12-6-1-9(15)14-11-4-2-10(7-11,3-5-11)8-13-16/h7-8,10,14H,3,9H2,1-2,4-6H3,(H,15,16);6,12H,1-5,7-8H2,(H,14,15)/b8-7+;. The first-order valence-electron chi connectivity index (χ1n) is 11.6. The van der Waals surface area contributed by atoms with Gasteiger partial charge in [0.05, 0.1) is 32.2 Å². The first-order valence-corrected chi connectivity index (χ1v) is 11.6. The number of nitroso groups, excluding NO2 is 1. The van der Waals surface area contributed by atoms with Crippen LogP contribution < -0.4 is 16.0 Å². The maximum atomic E-state index is 11.5. The van der Waals surface area contributed by atoms with E-state index in [0.717, 1.165) is 38.3 Å². The topological polar surface area (TPSA) is 142 Å². The Morgan fingerprint density at radius 3 is 2.41 bits per heavy atom. The second-order valence-corrected chi connectivity index (χ2v) is 10.1. The largest absolute Gasteiger partial charge is 0.479 e. The number of carbonyl (C=O) groups is 2. The van der Waals surface area contributed by atoms with E-state index in [1.807, 2.05) is 13.8 Å². The van der Waals surface area contributed by atoms with Gasteiger partial charge >= 0.3 is 6.09 Å². The lowest BCUT2D eigenvalue weighted by Gasteiger charge is -2.28. The minimum atomic E-state index is -0.515. The number of nitrogens with zero attached hydrogens (tertiary/aromatic N) is 1. The van der Waals surface area contributed by atoms with Gasteiger partial charge in [-0.2, -0.15) is 4.91 Å². The van der Waals surface area contributed by atoms with Crippen LogP contribution in [0, 0.1) is 21.6 Å². The fourth-order valence-corrected chi connectivity index (χ4v) is 4.30.